The van der Waals surface area contributed by atoms with Crippen molar-refractivity contribution in [3.05, 3.63) is 24.0 Å². The lowest BCUT2D eigenvalue weighted by atomic mass is 10.2. The molecule has 1 rings (SSSR count). The number of aromatic nitrogens is 1. The Kier molecular flexibility index (Phi) is 5.96. The summed E-state index contributed by atoms with van der Waals surface area (Å²) >= 11 is 0. The zero-order chi connectivity index (χ0) is 15.1. The summed E-state index contributed by atoms with van der Waals surface area (Å²) < 4.78 is 0. The Hall–Kier alpha value is -2.11. The first-order chi connectivity index (χ1) is 9.49. The molecule has 0 aliphatic heterocycles. The van der Waals surface area contributed by atoms with Gasteiger partial charge in [0.25, 0.3) is 5.91 Å². The van der Waals surface area contributed by atoms with Crippen molar-refractivity contribution >= 4 is 17.5 Å². The van der Waals surface area contributed by atoms with Gasteiger partial charge in [-0.15, -0.1) is 0 Å². The van der Waals surface area contributed by atoms with Crippen LogP contribution in [0.1, 0.15) is 31.3 Å². The second-order valence-corrected chi connectivity index (χ2v) is 4.51. The Morgan fingerprint density at radius 2 is 2.10 bits per heavy atom. The van der Waals surface area contributed by atoms with E-state index in [2.05, 4.69) is 15.6 Å². The second-order valence-electron chi connectivity index (χ2n) is 4.51. The zero-order valence-electron chi connectivity index (χ0n) is 12.4. The standard InChI is InChI=1S/C14H22N4O2/c1-5-15-13(19)12-9-11(7-8-16-12)17-10(3)14(20)18(4)6-2/h7-10H,5-6H2,1-4H3,(H,15,19)(H,16,17). The SMILES string of the molecule is CCNC(=O)c1cc(NC(C)C(=O)N(C)CC)ccn1. The second kappa shape index (κ2) is 7.47. The highest BCUT2D eigenvalue weighted by atomic mass is 16.2. The van der Waals surface area contributed by atoms with Crippen molar-refractivity contribution in [2.75, 3.05) is 25.5 Å². The number of pyridine rings is 1. The molecule has 0 radical (unpaired) electrons. The largest absolute Gasteiger partial charge is 0.374 e. The van der Waals surface area contributed by atoms with Gasteiger partial charge in [0, 0.05) is 32.0 Å². The van der Waals surface area contributed by atoms with Crippen molar-refractivity contribution in [3.63, 3.8) is 0 Å². The summed E-state index contributed by atoms with van der Waals surface area (Å²) in [6, 6.07) is 3.02. The molecule has 0 aliphatic carbocycles. The lowest BCUT2D eigenvalue weighted by molar-refractivity contribution is -0.130. The van der Waals surface area contributed by atoms with Crippen LogP contribution >= 0.6 is 0 Å². The molecule has 1 heterocycles. The number of nitrogens with zero attached hydrogens (tertiary/aromatic N) is 2. The van der Waals surface area contributed by atoms with E-state index in [4.69, 9.17) is 0 Å². The van der Waals surface area contributed by atoms with Gasteiger partial charge in [-0.3, -0.25) is 14.6 Å². The molecule has 0 saturated heterocycles. The molecular formula is C14H22N4O2. The third-order valence-corrected chi connectivity index (χ3v) is 2.93. The molecule has 1 aromatic rings. The number of carbonyl (C=O) groups is 2. The molecule has 2 N–H and O–H groups in total. The van der Waals surface area contributed by atoms with Crippen LogP contribution < -0.4 is 10.6 Å². The Balaban J connectivity index is 2.75. The maximum atomic E-state index is 12.0. The molecule has 1 unspecified atom stereocenters. The fourth-order valence-electron chi connectivity index (χ4n) is 1.69. The summed E-state index contributed by atoms with van der Waals surface area (Å²) in [5.74, 6) is -0.218. The quantitative estimate of drug-likeness (QED) is 0.817. The number of likely N-dealkylation sites (N-methyl/N-ethyl adjacent to an activating group) is 1. The summed E-state index contributed by atoms with van der Waals surface area (Å²) in [4.78, 5) is 29.3. The van der Waals surface area contributed by atoms with Gasteiger partial charge in [-0.1, -0.05) is 0 Å². The van der Waals surface area contributed by atoms with Gasteiger partial charge in [0.05, 0.1) is 0 Å². The average Bonchev–Trinajstić information content (AvgIpc) is 2.46. The smallest absolute Gasteiger partial charge is 0.269 e. The first-order valence-corrected chi connectivity index (χ1v) is 6.75. The minimum absolute atomic E-state index is 0.00359. The van der Waals surface area contributed by atoms with Crippen LogP contribution in [-0.2, 0) is 4.79 Å². The van der Waals surface area contributed by atoms with E-state index in [9.17, 15) is 9.59 Å². The number of anilines is 1. The van der Waals surface area contributed by atoms with E-state index in [0.717, 1.165) is 0 Å². The molecule has 20 heavy (non-hydrogen) atoms. The fraction of sp³-hybridized carbons (Fsp3) is 0.500. The lowest BCUT2D eigenvalue weighted by Gasteiger charge is -2.21. The third-order valence-electron chi connectivity index (χ3n) is 2.93. The van der Waals surface area contributed by atoms with Gasteiger partial charge in [-0.25, -0.2) is 0 Å². The van der Waals surface area contributed by atoms with Crippen LogP contribution in [0, 0.1) is 0 Å². The van der Waals surface area contributed by atoms with Gasteiger partial charge in [0.1, 0.15) is 11.7 Å². The van der Waals surface area contributed by atoms with Gasteiger partial charge in [0.15, 0.2) is 0 Å². The fourth-order valence-corrected chi connectivity index (χ4v) is 1.69. The molecule has 6 nitrogen and oxygen atoms in total. The van der Waals surface area contributed by atoms with Crippen LogP contribution in [-0.4, -0.2) is 47.9 Å². The number of nitrogens with one attached hydrogen (secondary N) is 2. The lowest BCUT2D eigenvalue weighted by Crippen LogP contribution is -2.38. The number of amides is 2. The van der Waals surface area contributed by atoms with Gasteiger partial charge in [-0.2, -0.15) is 0 Å². The molecule has 2 amide bonds. The van der Waals surface area contributed by atoms with Crippen molar-refractivity contribution in [1.29, 1.82) is 0 Å². The highest BCUT2D eigenvalue weighted by Crippen LogP contribution is 2.10. The van der Waals surface area contributed by atoms with Crippen LogP contribution in [0.4, 0.5) is 5.69 Å². The number of rotatable bonds is 6. The molecular weight excluding hydrogens is 256 g/mol. The topological polar surface area (TPSA) is 74.3 Å². The normalized spacial score (nSPS) is 11.6. The number of hydrogen-bond donors (Lipinski definition) is 2. The Bertz CT molecular complexity index is 476. The minimum Gasteiger partial charge on any atom is -0.374 e. The number of carbonyl (C=O) groups excluding carboxylic acids is 2. The summed E-state index contributed by atoms with van der Waals surface area (Å²) in [6.45, 7) is 6.77. The van der Waals surface area contributed by atoms with E-state index >= 15 is 0 Å². The molecule has 110 valence electrons. The molecule has 0 bridgehead atoms. The van der Waals surface area contributed by atoms with Crippen LogP contribution in [0.25, 0.3) is 0 Å². The highest BCUT2D eigenvalue weighted by Gasteiger charge is 2.16. The van der Waals surface area contributed by atoms with Gasteiger partial charge in [0.2, 0.25) is 5.91 Å². The molecule has 1 aromatic heterocycles. The van der Waals surface area contributed by atoms with Gasteiger partial charge < -0.3 is 15.5 Å². The first kappa shape index (κ1) is 15.9. The Morgan fingerprint density at radius 3 is 2.70 bits per heavy atom. The van der Waals surface area contributed by atoms with E-state index in [1.165, 1.54) is 0 Å². The molecule has 1 atom stereocenters. The van der Waals surface area contributed by atoms with Gasteiger partial charge in [-0.05, 0) is 32.9 Å². The van der Waals surface area contributed by atoms with E-state index in [0.29, 0.717) is 24.5 Å². The maximum Gasteiger partial charge on any atom is 0.269 e. The molecule has 0 saturated carbocycles. The highest BCUT2D eigenvalue weighted by molar-refractivity contribution is 5.93. The van der Waals surface area contributed by atoms with Crippen LogP contribution in [0.15, 0.2) is 18.3 Å². The van der Waals surface area contributed by atoms with Crippen LogP contribution in [0.3, 0.4) is 0 Å². The van der Waals surface area contributed by atoms with E-state index in [-0.39, 0.29) is 17.9 Å². The summed E-state index contributed by atoms with van der Waals surface area (Å²) in [5.41, 5.74) is 1.03. The number of hydrogen-bond acceptors (Lipinski definition) is 4. The monoisotopic (exact) mass is 278 g/mol. The summed E-state index contributed by atoms with van der Waals surface area (Å²) in [5, 5.41) is 5.77. The van der Waals surface area contributed by atoms with Crippen molar-refractivity contribution < 1.29 is 9.59 Å². The maximum absolute atomic E-state index is 12.0. The zero-order valence-corrected chi connectivity index (χ0v) is 12.4. The molecule has 0 fully saturated rings. The van der Waals surface area contributed by atoms with E-state index in [1.54, 1.807) is 37.2 Å². The van der Waals surface area contributed by atoms with Crippen molar-refractivity contribution in [2.45, 2.75) is 26.8 Å². The minimum atomic E-state index is -0.357. The molecule has 0 aromatic carbocycles. The Labute approximate surface area is 119 Å². The summed E-state index contributed by atoms with van der Waals surface area (Å²) in [6.07, 6.45) is 1.55. The molecule has 0 spiro atoms. The van der Waals surface area contributed by atoms with Crippen molar-refractivity contribution in [1.82, 2.24) is 15.2 Å². The third kappa shape index (κ3) is 4.22. The van der Waals surface area contributed by atoms with Gasteiger partial charge >= 0.3 is 0 Å². The van der Waals surface area contributed by atoms with Crippen molar-refractivity contribution in [3.8, 4) is 0 Å². The van der Waals surface area contributed by atoms with E-state index < -0.39 is 0 Å². The summed E-state index contributed by atoms with van der Waals surface area (Å²) in [7, 11) is 1.76. The predicted octanol–water partition coefficient (Wildman–Crippen LogP) is 1.11. The van der Waals surface area contributed by atoms with Crippen molar-refractivity contribution in [2.24, 2.45) is 0 Å². The Morgan fingerprint density at radius 1 is 1.40 bits per heavy atom. The predicted molar refractivity (Wildman–Crippen MR) is 78.6 cm³/mol. The van der Waals surface area contributed by atoms with Crippen LogP contribution in [0.2, 0.25) is 0 Å². The first-order valence-electron chi connectivity index (χ1n) is 6.75. The van der Waals surface area contributed by atoms with Crippen LogP contribution in [0.5, 0.6) is 0 Å². The molecule has 6 heteroatoms. The average molecular weight is 278 g/mol. The molecule has 0 aliphatic rings. The van der Waals surface area contributed by atoms with E-state index in [1.807, 2.05) is 13.8 Å².